The molecule has 0 fully saturated rings. The summed E-state index contributed by atoms with van der Waals surface area (Å²) < 4.78 is 7.52. The molecule has 3 aromatic rings. The van der Waals surface area contributed by atoms with E-state index >= 15 is 0 Å². The molecule has 29 heavy (non-hydrogen) atoms. The van der Waals surface area contributed by atoms with Gasteiger partial charge in [0.15, 0.2) is 0 Å². The molecule has 3 rings (SSSR count). The van der Waals surface area contributed by atoms with Gasteiger partial charge in [-0.1, -0.05) is 29.8 Å². The molecule has 0 saturated heterocycles. The molecule has 152 valence electrons. The second-order valence-corrected chi connectivity index (χ2v) is 7.32. The summed E-state index contributed by atoms with van der Waals surface area (Å²) in [6.07, 6.45) is 0. The summed E-state index contributed by atoms with van der Waals surface area (Å²) in [7, 11) is 1.89. The largest absolute Gasteiger partial charge is 0.492 e. The van der Waals surface area contributed by atoms with Gasteiger partial charge in [0.25, 0.3) is 0 Å². The Morgan fingerprint density at radius 1 is 1.14 bits per heavy atom. The van der Waals surface area contributed by atoms with Gasteiger partial charge in [-0.15, -0.1) is 0 Å². The first-order valence-electron chi connectivity index (χ1n) is 9.42. The molecule has 0 spiro atoms. The number of halogens is 1. The molecule has 7 heteroatoms. The lowest BCUT2D eigenvalue weighted by Gasteiger charge is -2.17. The average Bonchev–Trinajstić information content (AvgIpc) is 2.98. The van der Waals surface area contributed by atoms with Crippen molar-refractivity contribution in [3.05, 3.63) is 71.0 Å². The van der Waals surface area contributed by atoms with Crippen LogP contribution in [-0.4, -0.2) is 47.3 Å². The van der Waals surface area contributed by atoms with Gasteiger partial charge in [-0.25, -0.2) is 4.68 Å². The number of carbonyl (C=O) groups excluding carboxylic acids is 1. The molecule has 6 nitrogen and oxygen atoms in total. The van der Waals surface area contributed by atoms with E-state index in [0.717, 1.165) is 28.5 Å². The van der Waals surface area contributed by atoms with Gasteiger partial charge in [-0.3, -0.25) is 9.69 Å². The maximum Gasteiger partial charge on any atom is 0.238 e. The smallest absolute Gasteiger partial charge is 0.238 e. The summed E-state index contributed by atoms with van der Waals surface area (Å²) in [5.74, 6) is 0.671. The number of hydrogen-bond acceptors (Lipinski definition) is 4. The van der Waals surface area contributed by atoms with E-state index in [1.807, 2.05) is 72.9 Å². The molecular weight excluding hydrogens is 388 g/mol. The number of aryl methyl sites for hydroxylation is 1. The van der Waals surface area contributed by atoms with Crippen LogP contribution in [0.4, 0.5) is 5.69 Å². The van der Waals surface area contributed by atoms with Crippen LogP contribution >= 0.6 is 11.6 Å². The predicted octanol–water partition coefficient (Wildman–Crippen LogP) is 4.09. The number of benzene rings is 2. The van der Waals surface area contributed by atoms with E-state index in [2.05, 4.69) is 10.4 Å². The van der Waals surface area contributed by atoms with Crippen LogP contribution in [0.15, 0.2) is 54.6 Å². The Morgan fingerprint density at radius 3 is 2.52 bits per heavy atom. The van der Waals surface area contributed by atoms with Crippen molar-refractivity contribution >= 4 is 23.2 Å². The van der Waals surface area contributed by atoms with Gasteiger partial charge in [0.2, 0.25) is 5.91 Å². The minimum atomic E-state index is -0.0854. The predicted molar refractivity (Wildman–Crippen MR) is 116 cm³/mol. The number of para-hydroxylation sites is 1. The zero-order valence-corrected chi connectivity index (χ0v) is 17.6. The van der Waals surface area contributed by atoms with Crippen molar-refractivity contribution in [3.8, 4) is 11.4 Å². The van der Waals surface area contributed by atoms with Crippen molar-refractivity contribution in [2.45, 2.75) is 13.8 Å². The van der Waals surface area contributed by atoms with Crippen LogP contribution in [0.3, 0.4) is 0 Å². The molecule has 1 N–H and O–H groups in total. The maximum absolute atomic E-state index is 12.5. The number of hydrogen-bond donors (Lipinski definition) is 1. The lowest BCUT2D eigenvalue weighted by atomic mass is 10.3. The number of amides is 1. The van der Waals surface area contributed by atoms with Crippen LogP contribution < -0.4 is 10.1 Å². The fourth-order valence-corrected chi connectivity index (χ4v) is 3.12. The summed E-state index contributed by atoms with van der Waals surface area (Å²) in [4.78, 5) is 14.4. The van der Waals surface area contributed by atoms with E-state index in [1.54, 1.807) is 12.1 Å². The zero-order chi connectivity index (χ0) is 20.8. The van der Waals surface area contributed by atoms with Gasteiger partial charge < -0.3 is 10.1 Å². The van der Waals surface area contributed by atoms with Crippen LogP contribution in [0, 0.1) is 13.8 Å². The third-order valence-corrected chi connectivity index (χ3v) is 4.78. The van der Waals surface area contributed by atoms with Gasteiger partial charge >= 0.3 is 0 Å². The summed E-state index contributed by atoms with van der Waals surface area (Å²) in [6, 6.07) is 17.1. The highest BCUT2D eigenvalue weighted by Gasteiger charge is 2.16. The van der Waals surface area contributed by atoms with Crippen LogP contribution in [0.5, 0.6) is 5.75 Å². The summed E-state index contributed by atoms with van der Waals surface area (Å²) >= 11 is 5.86. The Hall–Kier alpha value is -2.83. The number of ether oxygens (including phenoxy) is 1. The molecule has 0 unspecified atom stereocenters. The first kappa shape index (κ1) is 20.9. The molecule has 0 aliphatic rings. The summed E-state index contributed by atoms with van der Waals surface area (Å²) in [5, 5.41) is 8.23. The molecule has 1 heterocycles. The molecule has 0 aliphatic carbocycles. The lowest BCUT2D eigenvalue weighted by molar-refractivity contribution is -0.117. The topological polar surface area (TPSA) is 59.4 Å². The van der Waals surface area contributed by atoms with Crippen molar-refractivity contribution in [1.29, 1.82) is 0 Å². The number of nitrogens with one attached hydrogen (secondary N) is 1. The number of aromatic nitrogens is 2. The molecule has 0 aliphatic heterocycles. The molecule has 0 atom stereocenters. The van der Waals surface area contributed by atoms with E-state index in [0.29, 0.717) is 18.2 Å². The minimum Gasteiger partial charge on any atom is -0.492 e. The molecular formula is C22H25ClN4O2. The molecule has 0 bridgehead atoms. The third kappa shape index (κ3) is 5.59. The summed E-state index contributed by atoms with van der Waals surface area (Å²) in [5.41, 5.74) is 3.40. The Bertz CT molecular complexity index is 955. The van der Waals surface area contributed by atoms with Crippen LogP contribution in [0.1, 0.15) is 11.4 Å². The third-order valence-electron chi connectivity index (χ3n) is 4.53. The van der Waals surface area contributed by atoms with E-state index in [1.165, 1.54) is 0 Å². The SMILES string of the molecule is Cc1nn(-c2ccccc2)c(C)c1NC(=O)CN(C)CCOc1ccc(Cl)cc1. The molecule has 2 aromatic carbocycles. The second kappa shape index (κ2) is 9.58. The van der Waals surface area contributed by atoms with Gasteiger partial charge in [-0.2, -0.15) is 5.10 Å². The fourth-order valence-electron chi connectivity index (χ4n) is 3.00. The van der Waals surface area contributed by atoms with Crippen molar-refractivity contribution in [3.63, 3.8) is 0 Å². The van der Waals surface area contributed by atoms with Crippen LogP contribution in [0.2, 0.25) is 5.02 Å². The Labute approximate surface area is 176 Å². The lowest BCUT2D eigenvalue weighted by Crippen LogP contribution is -2.33. The number of anilines is 1. The number of likely N-dealkylation sites (N-methyl/N-ethyl adjacent to an activating group) is 1. The van der Waals surface area contributed by atoms with E-state index < -0.39 is 0 Å². The zero-order valence-electron chi connectivity index (χ0n) is 16.9. The highest BCUT2D eigenvalue weighted by atomic mass is 35.5. The van der Waals surface area contributed by atoms with E-state index in [-0.39, 0.29) is 12.5 Å². The number of nitrogens with zero attached hydrogens (tertiary/aromatic N) is 3. The molecule has 1 aromatic heterocycles. The first-order valence-corrected chi connectivity index (χ1v) is 9.80. The van der Waals surface area contributed by atoms with Gasteiger partial charge in [0.1, 0.15) is 12.4 Å². The monoisotopic (exact) mass is 412 g/mol. The first-order chi connectivity index (χ1) is 13.9. The van der Waals surface area contributed by atoms with Crippen molar-refractivity contribution < 1.29 is 9.53 Å². The summed E-state index contributed by atoms with van der Waals surface area (Å²) in [6.45, 7) is 5.21. The highest BCUT2D eigenvalue weighted by Crippen LogP contribution is 2.22. The van der Waals surface area contributed by atoms with E-state index in [4.69, 9.17) is 16.3 Å². The van der Waals surface area contributed by atoms with Crippen molar-refractivity contribution in [2.24, 2.45) is 0 Å². The van der Waals surface area contributed by atoms with Crippen molar-refractivity contribution in [2.75, 3.05) is 32.1 Å². The Morgan fingerprint density at radius 2 is 1.83 bits per heavy atom. The number of carbonyl (C=O) groups is 1. The van der Waals surface area contributed by atoms with Gasteiger partial charge in [0, 0.05) is 11.6 Å². The van der Waals surface area contributed by atoms with Crippen LogP contribution in [0.25, 0.3) is 5.69 Å². The molecule has 0 radical (unpaired) electrons. The highest BCUT2D eigenvalue weighted by molar-refractivity contribution is 6.30. The average molecular weight is 413 g/mol. The second-order valence-electron chi connectivity index (χ2n) is 6.88. The number of rotatable bonds is 8. The fraction of sp³-hybridized carbons (Fsp3) is 0.273. The van der Waals surface area contributed by atoms with Crippen molar-refractivity contribution in [1.82, 2.24) is 14.7 Å². The van der Waals surface area contributed by atoms with E-state index in [9.17, 15) is 4.79 Å². The maximum atomic E-state index is 12.5. The quantitative estimate of drug-likeness (QED) is 0.605. The minimum absolute atomic E-state index is 0.0854. The molecule has 0 saturated carbocycles. The Kier molecular flexibility index (Phi) is 6.90. The van der Waals surface area contributed by atoms with Gasteiger partial charge in [-0.05, 0) is 57.3 Å². The Balaban J connectivity index is 1.52. The van der Waals surface area contributed by atoms with Gasteiger partial charge in [0.05, 0.1) is 29.3 Å². The normalized spacial score (nSPS) is 10.9. The standard InChI is InChI=1S/C22H25ClN4O2/c1-16-22(17(2)27(25-16)19-7-5-4-6-8-19)24-21(28)15-26(3)13-14-29-20-11-9-18(23)10-12-20/h4-12H,13-15H2,1-3H3,(H,24,28). The molecule has 1 amide bonds. The van der Waals surface area contributed by atoms with Crippen LogP contribution in [-0.2, 0) is 4.79 Å².